The van der Waals surface area contributed by atoms with Crippen LogP contribution in [0, 0.1) is 0 Å². The number of phenolic OH excluding ortho intramolecular Hbond substituents is 1. The van der Waals surface area contributed by atoms with E-state index >= 15 is 0 Å². The standard InChI is InChI=1S/C23H22N2O5/c1-4-23(29)17-8-18-20-13(9-25(18)21(27)16(17)10-30-22(23)28)5-12-6-14(26)7-15(11(2)3)19(12)24-20/h5-8,11,26,29H,4,9-10H2,1-3H3/t23-/m0/s1. The van der Waals surface area contributed by atoms with E-state index < -0.39 is 11.6 Å². The predicted octanol–water partition coefficient (Wildman–Crippen LogP) is 2.91. The summed E-state index contributed by atoms with van der Waals surface area (Å²) in [5, 5.41) is 21.9. The molecule has 4 heterocycles. The van der Waals surface area contributed by atoms with Crippen LogP contribution in [-0.4, -0.2) is 25.7 Å². The number of rotatable bonds is 2. The number of nitrogens with zero attached hydrogens (tertiary/aromatic N) is 2. The average Bonchev–Trinajstić information content (AvgIpc) is 3.07. The average molecular weight is 406 g/mol. The minimum atomic E-state index is -1.84. The molecule has 1 aromatic carbocycles. The van der Waals surface area contributed by atoms with Gasteiger partial charge in [-0.25, -0.2) is 9.78 Å². The highest BCUT2D eigenvalue weighted by atomic mass is 16.6. The van der Waals surface area contributed by atoms with Crippen molar-refractivity contribution in [1.29, 1.82) is 0 Å². The van der Waals surface area contributed by atoms with Crippen molar-refractivity contribution in [3.63, 3.8) is 0 Å². The van der Waals surface area contributed by atoms with Gasteiger partial charge in [-0.2, -0.15) is 0 Å². The molecule has 0 radical (unpaired) electrons. The molecule has 0 spiro atoms. The van der Waals surface area contributed by atoms with Crippen LogP contribution in [-0.2, 0) is 28.3 Å². The molecule has 2 N–H and O–H groups in total. The third-order valence-corrected chi connectivity index (χ3v) is 6.25. The number of phenols is 1. The predicted molar refractivity (Wildman–Crippen MR) is 110 cm³/mol. The molecule has 0 bridgehead atoms. The lowest BCUT2D eigenvalue weighted by Crippen LogP contribution is -2.44. The van der Waals surface area contributed by atoms with Crippen molar-refractivity contribution in [3.05, 3.63) is 56.9 Å². The van der Waals surface area contributed by atoms with Gasteiger partial charge in [0.25, 0.3) is 5.56 Å². The van der Waals surface area contributed by atoms with Crippen LogP contribution in [0.25, 0.3) is 22.3 Å². The third kappa shape index (κ3) is 2.38. The highest BCUT2D eigenvalue weighted by Gasteiger charge is 2.45. The Morgan fingerprint density at radius 2 is 2.00 bits per heavy atom. The van der Waals surface area contributed by atoms with E-state index in [9.17, 15) is 19.8 Å². The molecule has 3 aromatic rings. The zero-order valence-corrected chi connectivity index (χ0v) is 17.0. The summed E-state index contributed by atoms with van der Waals surface area (Å²) in [5.41, 5.74) is 2.28. The fraction of sp³-hybridized carbons (Fsp3) is 0.348. The highest BCUT2D eigenvalue weighted by molar-refractivity contribution is 5.89. The number of aromatic hydroxyl groups is 1. The molecule has 0 saturated heterocycles. The number of fused-ring (bicyclic) bond motifs is 5. The van der Waals surface area contributed by atoms with Crippen LogP contribution in [0.1, 0.15) is 55.4 Å². The van der Waals surface area contributed by atoms with Gasteiger partial charge in [-0.1, -0.05) is 20.8 Å². The number of hydrogen-bond acceptors (Lipinski definition) is 6. The first kappa shape index (κ1) is 18.8. The number of esters is 1. The van der Waals surface area contributed by atoms with Gasteiger partial charge in [-0.3, -0.25) is 4.79 Å². The molecule has 0 aliphatic carbocycles. The number of benzene rings is 1. The molecule has 0 fully saturated rings. The Kier molecular flexibility index (Phi) is 3.86. The second-order valence-corrected chi connectivity index (χ2v) is 8.36. The number of aliphatic hydroxyl groups is 1. The van der Waals surface area contributed by atoms with Crippen LogP contribution >= 0.6 is 0 Å². The summed E-state index contributed by atoms with van der Waals surface area (Å²) in [6.45, 7) is 5.94. The molecule has 0 unspecified atom stereocenters. The van der Waals surface area contributed by atoms with E-state index in [0.29, 0.717) is 29.1 Å². The molecule has 7 nitrogen and oxygen atoms in total. The Balaban J connectivity index is 1.81. The van der Waals surface area contributed by atoms with E-state index in [1.807, 2.05) is 19.9 Å². The van der Waals surface area contributed by atoms with Gasteiger partial charge in [0.05, 0.1) is 29.0 Å². The summed E-state index contributed by atoms with van der Waals surface area (Å²) < 4.78 is 6.71. The molecule has 0 saturated carbocycles. The van der Waals surface area contributed by atoms with Crippen molar-refractivity contribution in [2.45, 2.75) is 51.9 Å². The van der Waals surface area contributed by atoms with Crippen LogP contribution in [0.5, 0.6) is 5.75 Å². The van der Waals surface area contributed by atoms with Crippen molar-refractivity contribution >= 4 is 16.9 Å². The van der Waals surface area contributed by atoms with E-state index in [4.69, 9.17) is 9.72 Å². The molecule has 2 aromatic heterocycles. The Hall–Kier alpha value is -3.19. The van der Waals surface area contributed by atoms with E-state index in [-0.39, 0.29) is 30.3 Å². The zero-order valence-electron chi connectivity index (χ0n) is 17.0. The first-order valence-corrected chi connectivity index (χ1v) is 10.1. The smallest absolute Gasteiger partial charge is 0.343 e. The molecule has 30 heavy (non-hydrogen) atoms. The van der Waals surface area contributed by atoms with Gasteiger partial charge in [0, 0.05) is 16.5 Å². The second kappa shape index (κ2) is 6.15. The lowest BCUT2D eigenvalue weighted by molar-refractivity contribution is -0.172. The molecule has 7 heteroatoms. The first-order valence-electron chi connectivity index (χ1n) is 10.1. The van der Waals surface area contributed by atoms with E-state index in [2.05, 4.69) is 0 Å². The third-order valence-electron chi connectivity index (χ3n) is 6.25. The van der Waals surface area contributed by atoms with E-state index in [1.54, 1.807) is 29.7 Å². The lowest BCUT2D eigenvalue weighted by Gasteiger charge is -2.31. The van der Waals surface area contributed by atoms with Crippen LogP contribution in [0.4, 0.5) is 0 Å². The van der Waals surface area contributed by atoms with Crippen molar-refractivity contribution in [2.75, 3.05) is 0 Å². The van der Waals surface area contributed by atoms with E-state index in [1.165, 1.54) is 0 Å². The number of ether oxygens (including phenoxy) is 1. The molecule has 2 aliphatic heterocycles. The van der Waals surface area contributed by atoms with Crippen molar-refractivity contribution < 1.29 is 19.7 Å². The number of carbonyl (C=O) groups is 1. The number of pyridine rings is 2. The van der Waals surface area contributed by atoms with Crippen molar-refractivity contribution in [1.82, 2.24) is 9.55 Å². The van der Waals surface area contributed by atoms with Gasteiger partial charge < -0.3 is 19.5 Å². The van der Waals surface area contributed by atoms with Gasteiger partial charge in [0.2, 0.25) is 0 Å². The monoisotopic (exact) mass is 406 g/mol. The maximum absolute atomic E-state index is 13.2. The largest absolute Gasteiger partial charge is 0.508 e. The highest BCUT2D eigenvalue weighted by Crippen LogP contribution is 2.39. The maximum Gasteiger partial charge on any atom is 0.343 e. The Labute approximate surface area is 172 Å². The molecule has 1 atom stereocenters. The first-order chi connectivity index (χ1) is 14.2. The van der Waals surface area contributed by atoms with Gasteiger partial charge in [-0.15, -0.1) is 0 Å². The summed E-state index contributed by atoms with van der Waals surface area (Å²) in [6, 6.07) is 7.05. The topological polar surface area (TPSA) is 102 Å². The Bertz CT molecular complexity index is 1310. The van der Waals surface area contributed by atoms with Crippen LogP contribution in [0.15, 0.2) is 29.1 Å². The summed E-state index contributed by atoms with van der Waals surface area (Å²) in [5.74, 6) is -0.402. The molecule has 2 aliphatic rings. The fourth-order valence-corrected chi connectivity index (χ4v) is 4.55. The number of hydrogen-bond donors (Lipinski definition) is 2. The maximum atomic E-state index is 13.2. The normalized spacial score (nSPS) is 19.6. The molecule has 5 rings (SSSR count). The van der Waals surface area contributed by atoms with Crippen LogP contribution in [0.2, 0.25) is 0 Å². The second-order valence-electron chi connectivity index (χ2n) is 8.36. The van der Waals surface area contributed by atoms with E-state index in [0.717, 1.165) is 22.0 Å². The molecular formula is C23H22N2O5. The van der Waals surface area contributed by atoms with Crippen molar-refractivity contribution in [2.24, 2.45) is 0 Å². The molecular weight excluding hydrogens is 384 g/mol. The van der Waals surface area contributed by atoms with Gasteiger partial charge in [0.15, 0.2) is 5.60 Å². The minimum Gasteiger partial charge on any atom is -0.508 e. The Morgan fingerprint density at radius 3 is 2.70 bits per heavy atom. The summed E-state index contributed by atoms with van der Waals surface area (Å²) in [6.07, 6.45) is 0.108. The molecule has 154 valence electrons. The van der Waals surface area contributed by atoms with Crippen LogP contribution in [0.3, 0.4) is 0 Å². The fourth-order valence-electron chi connectivity index (χ4n) is 4.55. The van der Waals surface area contributed by atoms with Gasteiger partial charge in [-0.05, 0) is 42.2 Å². The quantitative estimate of drug-likeness (QED) is 0.497. The summed E-state index contributed by atoms with van der Waals surface area (Å²) in [4.78, 5) is 30.3. The molecule has 0 amide bonds. The summed E-state index contributed by atoms with van der Waals surface area (Å²) in [7, 11) is 0. The Morgan fingerprint density at radius 1 is 1.23 bits per heavy atom. The number of cyclic esters (lactones) is 1. The van der Waals surface area contributed by atoms with Gasteiger partial charge >= 0.3 is 5.97 Å². The SMILES string of the molecule is CC[C@@]1(O)C(=O)OCc2c1cc1n(c2=O)Cc2cc3cc(O)cc(C(C)C)c3nc2-1. The van der Waals surface area contributed by atoms with Crippen LogP contribution < -0.4 is 5.56 Å². The minimum absolute atomic E-state index is 0.108. The zero-order chi connectivity index (χ0) is 21.4. The number of carbonyl (C=O) groups excluding carboxylic acids is 1. The number of aromatic nitrogens is 2. The summed E-state index contributed by atoms with van der Waals surface area (Å²) >= 11 is 0. The van der Waals surface area contributed by atoms with Crippen molar-refractivity contribution in [3.8, 4) is 17.1 Å². The lowest BCUT2D eigenvalue weighted by atomic mass is 9.86. The van der Waals surface area contributed by atoms with Gasteiger partial charge in [0.1, 0.15) is 12.4 Å².